The highest BCUT2D eigenvalue weighted by atomic mass is 16.5. The monoisotopic (exact) mass is 343 g/mol. The lowest BCUT2D eigenvalue weighted by Crippen LogP contribution is -2.23. The number of hydrogen-bond donors (Lipinski definition) is 3. The number of carbonyl (C=O) groups is 1. The van der Waals surface area contributed by atoms with Crippen molar-refractivity contribution in [2.45, 2.75) is 6.42 Å². The quantitative estimate of drug-likeness (QED) is 0.531. The van der Waals surface area contributed by atoms with Crippen LogP contribution in [-0.2, 0) is 11.2 Å². The van der Waals surface area contributed by atoms with E-state index >= 15 is 0 Å². The van der Waals surface area contributed by atoms with Gasteiger partial charge >= 0.3 is 0 Å². The topological polar surface area (TPSA) is 88.0 Å². The van der Waals surface area contributed by atoms with Gasteiger partial charge in [0.15, 0.2) is 23.0 Å². The van der Waals surface area contributed by atoms with E-state index in [0.717, 1.165) is 5.56 Å². The summed E-state index contributed by atoms with van der Waals surface area (Å²) in [5.41, 5.74) is 1.63. The van der Waals surface area contributed by atoms with Crippen LogP contribution in [0.4, 0.5) is 0 Å². The molecule has 0 radical (unpaired) electrons. The van der Waals surface area contributed by atoms with Gasteiger partial charge in [0.05, 0.1) is 14.2 Å². The van der Waals surface area contributed by atoms with Gasteiger partial charge in [-0.25, -0.2) is 0 Å². The first-order valence-corrected chi connectivity index (χ1v) is 7.72. The van der Waals surface area contributed by atoms with Crippen molar-refractivity contribution in [1.29, 1.82) is 0 Å². The van der Waals surface area contributed by atoms with Crippen LogP contribution in [0.15, 0.2) is 42.5 Å². The molecule has 2 aromatic rings. The Morgan fingerprint density at radius 3 is 2.48 bits per heavy atom. The zero-order valence-corrected chi connectivity index (χ0v) is 14.2. The molecule has 6 nitrogen and oxygen atoms in total. The van der Waals surface area contributed by atoms with Crippen LogP contribution in [0.5, 0.6) is 23.0 Å². The molecule has 0 aliphatic carbocycles. The van der Waals surface area contributed by atoms with Gasteiger partial charge < -0.3 is 25.0 Å². The van der Waals surface area contributed by atoms with Crippen LogP contribution >= 0.6 is 0 Å². The van der Waals surface area contributed by atoms with E-state index in [4.69, 9.17) is 9.47 Å². The first-order chi connectivity index (χ1) is 12.0. The summed E-state index contributed by atoms with van der Waals surface area (Å²) < 4.78 is 10.4. The fourth-order valence-electron chi connectivity index (χ4n) is 2.24. The summed E-state index contributed by atoms with van der Waals surface area (Å²) in [5.74, 6) is 0.648. The number of rotatable bonds is 7. The highest BCUT2D eigenvalue weighted by molar-refractivity contribution is 5.91. The summed E-state index contributed by atoms with van der Waals surface area (Å²) in [6, 6.07) is 9.96. The van der Waals surface area contributed by atoms with E-state index in [1.807, 2.05) is 18.2 Å². The van der Waals surface area contributed by atoms with Crippen LogP contribution in [0.3, 0.4) is 0 Å². The number of carbonyl (C=O) groups excluding carboxylic acids is 1. The van der Waals surface area contributed by atoms with Gasteiger partial charge in [0, 0.05) is 12.6 Å². The zero-order chi connectivity index (χ0) is 18.2. The summed E-state index contributed by atoms with van der Waals surface area (Å²) in [6.45, 7) is 0.472. The van der Waals surface area contributed by atoms with Crippen molar-refractivity contribution in [3.63, 3.8) is 0 Å². The third-order valence-corrected chi connectivity index (χ3v) is 3.59. The van der Waals surface area contributed by atoms with Crippen LogP contribution in [0.25, 0.3) is 6.08 Å². The Morgan fingerprint density at radius 2 is 1.80 bits per heavy atom. The molecule has 0 spiro atoms. The lowest BCUT2D eigenvalue weighted by atomic mass is 10.1. The fourth-order valence-corrected chi connectivity index (χ4v) is 2.24. The van der Waals surface area contributed by atoms with Crippen LogP contribution in [0.2, 0.25) is 0 Å². The van der Waals surface area contributed by atoms with Gasteiger partial charge in [-0.2, -0.15) is 0 Å². The minimum atomic E-state index is -0.243. The van der Waals surface area contributed by atoms with Crippen molar-refractivity contribution in [2.24, 2.45) is 0 Å². The molecule has 0 bridgehead atoms. The molecule has 0 heterocycles. The number of amides is 1. The second kappa shape index (κ2) is 8.63. The van der Waals surface area contributed by atoms with Gasteiger partial charge in [0.1, 0.15) is 0 Å². The molecule has 6 heteroatoms. The Bertz CT molecular complexity index is 770. The smallest absolute Gasteiger partial charge is 0.244 e. The van der Waals surface area contributed by atoms with Crippen LogP contribution < -0.4 is 14.8 Å². The Kier molecular flexibility index (Phi) is 6.28. The van der Waals surface area contributed by atoms with Crippen LogP contribution in [0, 0.1) is 0 Å². The summed E-state index contributed by atoms with van der Waals surface area (Å²) >= 11 is 0. The molecule has 0 aliphatic rings. The van der Waals surface area contributed by atoms with Crippen LogP contribution in [0.1, 0.15) is 11.1 Å². The van der Waals surface area contributed by atoms with Crippen molar-refractivity contribution in [1.82, 2.24) is 5.32 Å². The molecule has 2 aromatic carbocycles. The number of benzene rings is 2. The highest BCUT2D eigenvalue weighted by Gasteiger charge is 2.05. The molecular weight excluding hydrogens is 322 g/mol. The van der Waals surface area contributed by atoms with Crippen molar-refractivity contribution >= 4 is 12.0 Å². The number of methoxy groups -OCH3 is 2. The largest absolute Gasteiger partial charge is 0.504 e. The zero-order valence-electron chi connectivity index (χ0n) is 14.2. The molecule has 0 fully saturated rings. The number of hydrogen-bond acceptors (Lipinski definition) is 5. The van der Waals surface area contributed by atoms with E-state index in [1.54, 1.807) is 26.4 Å². The predicted octanol–water partition coefficient (Wildman–Crippen LogP) is 2.49. The third-order valence-electron chi connectivity index (χ3n) is 3.59. The Balaban J connectivity index is 1.86. The summed E-state index contributed by atoms with van der Waals surface area (Å²) in [5, 5.41) is 21.4. The molecule has 0 aliphatic heterocycles. The first kappa shape index (κ1) is 18.2. The summed E-state index contributed by atoms with van der Waals surface area (Å²) in [7, 11) is 3.16. The molecular formula is C19H21NO5. The van der Waals surface area contributed by atoms with E-state index in [2.05, 4.69) is 5.32 Å². The normalized spacial score (nSPS) is 10.6. The van der Waals surface area contributed by atoms with E-state index in [0.29, 0.717) is 30.0 Å². The molecule has 3 N–H and O–H groups in total. The first-order valence-electron chi connectivity index (χ1n) is 7.72. The molecule has 2 rings (SSSR count). The third kappa shape index (κ3) is 5.17. The minimum Gasteiger partial charge on any atom is -0.504 e. The molecule has 132 valence electrons. The molecule has 0 unspecified atom stereocenters. The maximum absolute atomic E-state index is 11.8. The molecule has 0 atom stereocenters. The lowest BCUT2D eigenvalue weighted by Gasteiger charge is -2.09. The average Bonchev–Trinajstić information content (AvgIpc) is 2.62. The fraction of sp³-hybridized carbons (Fsp3) is 0.211. The average molecular weight is 343 g/mol. The van der Waals surface area contributed by atoms with E-state index in [9.17, 15) is 15.0 Å². The van der Waals surface area contributed by atoms with Crippen LogP contribution in [-0.4, -0.2) is 36.9 Å². The summed E-state index contributed by atoms with van der Waals surface area (Å²) in [4.78, 5) is 11.8. The lowest BCUT2D eigenvalue weighted by molar-refractivity contribution is -0.116. The summed E-state index contributed by atoms with van der Waals surface area (Å²) in [6.07, 6.45) is 3.59. The Morgan fingerprint density at radius 1 is 1.04 bits per heavy atom. The maximum Gasteiger partial charge on any atom is 0.244 e. The van der Waals surface area contributed by atoms with E-state index in [-0.39, 0.29) is 17.4 Å². The number of aromatic hydroxyl groups is 2. The van der Waals surface area contributed by atoms with Gasteiger partial charge in [-0.05, 0) is 47.9 Å². The highest BCUT2D eigenvalue weighted by Crippen LogP contribution is 2.27. The van der Waals surface area contributed by atoms with Gasteiger partial charge in [-0.1, -0.05) is 12.1 Å². The molecule has 0 aromatic heterocycles. The number of ether oxygens (including phenoxy) is 2. The maximum atomic E-state index is 11.8. The molecule has 0 saturated carbocycles. The SMILES string of the molecule is COc1ccc(CCNC(=O)/C=C/c2ccc(O)c(O)c2)cc1OC. The van der Waals surface area contributed by atoms with Crippen molar-refractivity contribution in [3.8, 4) is 23.0 Å². The van der Waals surface area contributed by atoms with Crippen molar-refractivity contribution in [2.75, 3.05) is 20.8 Å². The Hall–Kier alpha value is -3.15. The van der Waals surface area contributed by atoms with Crippen molar-refractivity contribution < 1.29 is 24.5 Å². The van der Waals surface area contributed by atoms with Gasteiger partial charge in [-0.3, -0.25) is 4.79 Å². The molecule has 0 saturated heterocycles. The second-order valence-corrected chi connectivity index (χ2v) is 5.31. The molecule has 25 heavy (non-hydrogen) atoms. The van der Waals surface area contributed by atoms with Gasteiger partial charge in [0.25, 0.3) is 0 Å². The van der Waals surface area contributed by atoms with Crippen molar-refractivity contribution in [3.05, 3.63) is 53.6 Å². The van der Waals surface area contributed by atoms with E-state index in [1.165, 1.54) is 18.2 Å². The second-order valence-electron chi connectivity index (χ2n) is 5.31. The Labute approximate surface area is 146 Å². The van der Waals surface area contributed by atoms with E-state index < -0.39 is 0 Å². The standard InChI is InChI=1S/C19H21NO5/c1-24-17-7-4-14(12-18(17)25-2)9-10-20-19(23)8-5-13-3-6-15(21)16(22)11-13/h3-8,11-12,21-22H,9-10H2,1-2H3,(H,20,23)/b8-5+. The number of phenolic OH excluding ortho intramolecular Hbond substituents is 2. The van der Waals surface area contributed by atoms with Gasteiger partial charge in [-0.15, -0.1) is 0 Å². The number of nitrogens with one attached hydrogen (secondary N) is 1. The minimum absolute atomic E-state index is 0.198. The number of phenols is 2. The molecule has 1 amide bonds. The predicted molar refractivity (Wildman–Crippen MR) is 95.1 cm³/mol. The van der Waals surface area contributed by atoms with Gasteiger partial charge in [0.2, 0.25) is 5.91 Å².